The molecule has 20 heavy (non-hydrogen) atoms. The molecule has 2 N–H and O–H groups in total. The van der Waals surface area contributed by atoms with E-state index in [1.165, 1.54) is 4.40 Å². The van der Waals surface area contributed by atoms with E-state index in [0.29, 0.717) is 11.3 Å². The molecule has 0 aliphatic rings. The maximum absolute atomic E-state index is 13.8. The van der Waals surface area contributed by atoms with Crippen molar-refractivity contribution >= 4 is 11.3 Å². The van der Waals surface area contributed by atoms with Crippen molar-refractivity contribution in [3.05, 3.63) is 47.4 Å². The van der Waals surface area contributed by atoms with Gasteiger partial charge in [-0.2, -0.15) is 0 Å². The first-order valence-electron chi connectivity index (χ1n) is 5.73. The maximum Gasteiger partial charge on any atom is 0.195 e. The summed E-state index contributed by atoms with van der Waals surface area (Å²) >= 11 is 0. The molecule has 0 radical (unpaired) electrons. The van der Waals surface area contributed by atoms with E-state index in [1.54, 1.807) is 19.2 Å². The molecule has 1 aromatic carbocycles. The third kappa shape index (κ3) is 1.70. The Labute approximate surface area is 111 Å². The number of nitrogens with zero attached hydrogens (tertiary/aromatic N) is 3. The summed E-state index contributed by atoms with van der Waals surface area (Å²) in [4.78, 5) is 0. The number of rotatable bonds is 1. The van der Waals surface area contributed by atoms with Crippen LogP contribution < -0.4 is 5.73 Å². The summed E-state index contributed by atoms with van der Waals surface area (Å²) in [6, 6.07) is 3.64. The van der Waals surface area contributed by atoms with E-state index in [1.807, 2.05) is 0 Å². The van der Waals surface area contributed by atoms with Gasteiger partial charge in [0.05, 0.1) is 11.3 Å². The molecule has 0 saturated carbocycles. The van der Waals surface area contributed by atoms with Crippen molar-refractivity contribution in [1.82, 2.24) is 14.6 Å². The molecule has 3 aromatic rings. The minimum atomic E-state index is -1.54. The van der Waals surface area contributed by atoms with Crippen LogP contribution in [-0.2, 0) is 0 Å². The normalized spacial score (nSPS) is 11.2. The predicted molar refractivity (Wildman–Crippen MR) is 67.4 cm³/mol. The molecular weight excluding hydrogens is 269 g/mol. The van der Waals surface area contributed by atoms with Crippen LogP contribution in [0, 0.1) is 24.4 Å². The molecule has 7 heteroatoms. The minimum Gasteiger partial charge on any atom is -0.396 e. The topological polar surface area (TPSA) is 56.2 Å². The lowest BCUT2D eigenvalue weighted by atomic mass is 10.2. The molecule has 102 valence electrons. The lowest BCUT2D eigenvalue weighted by Gasteiger charge is -2.05. The molecule has 0 spiro atoms. The fraction of sp³-hybridized carbons (Fsp3) is 0.0769. The Hall–Kier alpha value is -2.57. The molecule has 0 atom stereocenters. The predicted octanol–water partition coefficient (Wildman–Crippen LogP) is 2.70. The number of hydrogen-bond acceptors (Lipinski definition) is 3. The Morgan fingerprint density at radius 1 is 1.10 bits per heavy atom. The van der Waals surface area contributed by atoms with Gasteiger partial charge < -0.3 is 5.73 Å². The standard InChI is InChI=1S/C13H9F3N4/c1-6-4-9(17)13-19-18-12(20(13)5-6)7-2-3-8(14)11(16)10(7)15/h2-5H,17H2,1H3. The Kier molecular flexibility index (Phi) is 2.63. The first-order chi connectivity index (χ1) is 9.49. The average Bonchev–Trinajstić information content (AvgIpc) is 2.80. The van der Waals surface area contributed by atoms with E-state index < -0.39 is 17.5 Å². The number of fused-ring (bicyclic) bond motifs is 1. The van der Waals surface area contributed by atoms with Crippen LogP contribution in [0.2, 0.25) is 0 Å². The monoisotopic (exact) mass is 278 g/mol. The number of anilines is 1. The van der Waals surface area contributed by atoms with Gasteiger partial charge in [0.15, 0.2) is 28.9 Å². The van der Waals surface area contributed by atoms with E-state index >= 15 is 0 Å². The zero-order valence-corrected chi connectivity index (χ0v) is 10.4. The van der Waals surface area contributed by atoms with Crippen molar-refractivity contribution in [3.8, 4) is 11.4 Å². The van der Waals surface area contributed by atoms with Crippen molar-refractivity contribution in [3.63, 3.8) is 0 Å². The second-order valence-electron chi connectivity index (χ2n) is 4.41. The molecule has 0 amide bonds. The van der Waals surface area contributed by atoms with E-state index in [0.717, 1.165) is 17.7 Å². The van der Waals surface area contributed by atoms with Gasteiger partial charge in [-0.3, -0.25) is 4.40 Å². The van der Waals surface area contributed by atoms with Crippen molar-refractivity contribution in [2.24, 2.45) is 0 Å². The number of hydrogen-bond donors (Lipinski definition) is 1. The Balaban J connectivity index is 2.33. The molecule has 0 aliphatic heterocycles. The summed E-state index contributed by atoms with van der Waals surface area (Å²) < 4.78 is 41.5. The van der Waals surface area contributed by atoms with E-state index in [4.69, 9.17) is 5.73 Å². The summed E-state index contributed by atoms with van der Waals surface area (Å²) in [5.41, 5.74) is 7.11. The number of aromatic nitrogens is 3. The lowest BCUT2D eigenvalue weighted by molar-refractivity contribution is 0.448. The smallest absolute Gasteiger partial charge is 0.195 e. The number of benzene rings is 1. The number of pyridine rings is 1. The summed E-state index contributed by atoms with van der Waals surface area (Å²) in [6.45, 7) is 1.79. The molecular formula is C13H9F3N4. The van der Waals surface area contributed by atoms with Crippen LogP contribution in [0.5, 0.6) is 0 Å². The molecule has 2 aromatic heterocycles. The van der Waals surface area contributed by atoms with Gasteiger partial charge >= 0.3 is 0 Å². The summed E-state index contributed by atoms with van der Waals surface area (Å²) in [5, 5.41) is 7.64. The SMILES string of the molecule is Cc1cc(N)c2nnc(-c3ccc(F)c(F)c3F)n2c1. The van der Waals surface area contributed by atoms with Gasteiger partial charge in [-0.15, -0.1) is 10.2 Å². The van der Waals surface area contributed by atoms with Gasteiger partial charge in [-0.05, 0) is 30.7 Å². The average molecular weight is 278 g/mol. The fourth-order valence-electron chi connectivity index (χ4n) is 2.04. The highest BCUT2D eigenvalue weighted by molar-refractivity contribution is 5.70. The quantitative estimate of drug-likeness (QED) is 0.696. The largest absolute Gasteiger partial charge is 0.396 e. The summed E-state index contributed by atoms with van der Waals surface area (Å²) in [5.74, 6) is -4.04. The third-order valence-corrected chi connectivity index (χ3v) is 2.95. The highest BCUT2D eigenvalue weighted by Crippen LogP contribution is 2.26. The third-order valence-electron chi connectivity index (χ3n) is 2.95. The number of nitrogens with two attached hydrogens (primary N) is 1. The van der Waals surface area contributed by atoms with Crippen molar-refractivity contribution in [2.45, 2.75) is 6.92 Å². The highest BCUT2D eigenvalue weighted by Gasteiger charge is 2.19. The Morgan fingerprint density at radius 3 is 2.60 bits per heavy atom. The van der Waals surface area contributed by atoms with Crippen LogP contribution in [0.3, 0.4) is 0 Å². The van der Waals surface area contributed by atoms with Crippen LogP contribution in [0.4, 0.5) is 18.9 Å². The van der Waals surface area contributed by atoms with Gasteiger partial charge in [-0.1, -0.05) is 0 Å². The van der Waals surface area contributed by atoms with E-state index in [-0.39, 0.29) is 11.4 Å². The first-order valence-corrected chi connectivity index (χ1v) is 5.73. The minimum absolute atomic E-state index is 0.0619. The van der Waals surface area contributed by atoms with Crippen LogP contribution >= 0.6 is 0 Å². The highest BCUT2D eigenvalue weighted by atomic mass is 19.2. The number of nitrogen functional groups attached to an aromatic ring is 1. The number of halogens is 3. The van der Waals surface area contributed by atoms with E-state index in [2.05, 4.69) is 10.2 Å². The van der Waals surface area contributed by atoms with Gasteiger partial charge in [-0.25, -0.2) is 13.2 Å². The maximum atomic E-state index is 13.8. The first kappa shape index (κ1) is 12.5. The molecule has 0 saturated heterocycles. The van der Waals surface area contributed by atoms with Gasteiger partial charge in [0.2, 0.25) is 0 Å². The second-order valence-corrected chi connectivity index (χ2v) is 4.41. The van der Waals surface area contributed by atoms with Crippen molar-refractivity contribution in [1.29, 1.82) is 0 Å². The molecule has 2 heterocycles. The van der Waals surface area contributed by atoms with Gasteiger partial charge in [0.25, 0.3) is 0 Å². The van der Waals surface area contributed by atoms with Crippen LogP contribution in [-0.4, -0.2) is 14.6 Å². The molecule has 0 aliphatic carbocycles. The Morgan fingerprint density at radius 2 is 1.85 bits per heavy atom. The van der Waals surface area contributed by atoms with Gasteiger partial charge in [0.1, 0.15) is 0 Å². The Bertz CT molecular complexity index is 826. The zero-order chi connectivity index (χ0) is 14.4. The summed E-state index contributed by atoms with van der Waals surface area (Å²) in [6.07, 6.45) is 1.64. The van der Waals surface area contributed by atoms with Gasteiger partial charge in [0, 0.05) is 6.20 Å². The van der Waals surface area contributed by atoms with Crippen molar-refractivity contribution in [2.75, 3.05) is 5.73 Å². The lowest BCUT2D eigenvalue weighted by Crippen LogP contribution is -1.99. The van der Waals surface area contributed by atoms with Crippen LogP contribution in [0.1, 0.15) is 5.56 Å². The molecule has 4 nitrogen and oxygen atoms in total. The molecule has 0 bridgehead atoms. The molecule has 0 unspecified atom stereocenters. The second kappa shape index (κ2) is 4.22. The molecule has 3 rings (SSSR count). The van der Waals surface area contributed by atoms with E-state index in [9.17, 15) is 13.2 Å². The number of aryl methyl sites for hydroxylation is 1. The fourth-order valence-corrected chi connectivity index (χ4v) is 2.04. The zero-order valence-electron chi connectivity index (χ0n) is 10.4. The molecule has 0 fully saturated rings. The van der Waals surface area contributed by atoms with Crippen LogP contribution in [0.15, 0.2) is 24.4 Å². The van der Waals surface area contributed by atoms with Crippen LogP contribution in [0.25, 0.3) is 17.0 Å². The summed E-state index contributed by atoms with van der Waals surface area (Å²) in [7, 11) is 0. The van der Waals surface area contributed by atoms with Crippen molar-refractivity contribution < 1.29 is 13.2 Å².